The van der Waals surface area contributed by atoms with Gasteiger partial charge in [-0.25, -0.2) is 0 Å². The number of carbonyl (C=O) groups is 1. The number of hydrogen-bond donors (Lipinski definition) is 2. The summed E-state index contributed by atoms with van der Waals surface area (Å²) in [6.45, 7) is 2.24. The predicted octanol–water partition coefficient (Wildman–Crippen LogP) is 4.80. The minimum Gasteiger partial charge on any atom is -0.496 e. The van der Waals surface area contributed by atoms with Crippen molar-refractivity contribution in [1.29, 1.82) is 0 Å². The molecule has 1 heterocycles. The van der Waals surface area contributed by atoms with E-state index in [0.717, 1.165) is 31.6 Å². The standard InChI is InChI=1S/C26H34N4O3/c1-3-5-17-7-9-19(10-8-17)28-16-18-14-21(24(33-2)15-22(18)27)25(31)29-23-6-4-13-30(26(23)32)20-11-12-20/h4,6,13-17,19-20H,3,5,7-12,27H2,1-2H3,(H,29,31). The van der Waals surface area contributed by atoms with Crippen molar-refractivity contribution >= 4 is 23.5 Å². The second-order valence-corrected chi connectivity index (χ2v) is 9.24. The normalized spacial score (nSPS) is 20.7. The summed E-state index contributed by atoms with van der Waals surface area (Å²) in [5.74, 6) is 0.776. The van der Waals surface area contributed by atoms with E-state index in [1.54, 1.807) is 41.2 Å². The third-order valence-corrected chi connectivity index (χ3v) is 6.75. The Bertz CT molecular complexity index is 1080. The largest absolute Gasteiger partial charge is 0.496 e. The molecule has 2 aliphatic carbocycles. The van der Waals surface area contributed by atoms with Crippen molar-refractivity contribution < 1.29 is 9.53 Å². The number of methoxy groups -OCH3 is 1. The summed E-state index contributed by atoms with van der Waals surface area (Å²) in [5, 5.41) is 2.76. The number of nitrogens with one attached hydrogen (secondary N) is 1. The molecule has 1 aromatic carbocycles. The van der Waals surface area contributed by atoms with Gasteiger partial charge in [0.25, 0.3) is 11.5 Å². The molecule has 0 bridgehead atoms. The van der Waals surface area contributed by atoms with Crippen molar-refractivity contribution in [2.75, 3.05) is 18.2 Å². The Morgan fingerprint density at radius 3 is 2.67 bits per heavy atom. The number of nitrogens with zero attached hydrogens (tertiary/aromatic N) is 2. The Hall–Kier alpha value is -3.09. The van der Waals surface area contributed by atoms with Gasteiger partial charge in [0.1, 0.15) is 11.4 Å². The highest BCUT2D eigenvalue weighted by Gasteiger charge is 2.25. The highest BCUT2D eigenvalue weighted by atomic mass is 16.5. The van der Waals surface area contributed by atoms with E-state index in [1.165, 1.54) is 32.8 Å². The van der Waals surface area contributed by atoms with Crippen LogP contribution in [0.2, 0.25) is 0 Å². The molecular weight excluding hydrogens is 416 g/mol. The molecule has 3 N–H and O–H groups in total. The van der Waals surface area contributed by atoms with Crippen LogP contribution in [0.25, 0.3) is 0 Å². The second-order valence-electron chi connectivity index (χ2n) is 9.24. The second kappa shape index (κ2) is 10.2. The van der Waals surface area contributed by atoms with Gasteiger partial charge in [-0.05, 0) is 62.6 Å². The van der Waals surface area contributed by atoms with E-state index >= 15 is 0 Å². The quantitative estimate of drug-likeness (QED) is 0.446. The molecule has 1 amide bonds. The smallest absolute Gasteiger partial charge is 0.274 e. The summed E-state index contributed by atoms with van der Waals surface area (Å²) in [6.07, 6.45) is 12.7. The van der Waals surface area contributed by atoms with Crippen molar-refractivity contribution in [1.82, 2.24) is 4.57 Å². The summed E-state index contributed by atoms with van der Waals surface area (Å²) in [4.78, 5) is 30.6. The number of nitrogens with two attached hydrogens (primary N) is 1. The highest BCUT2D eigenvalue weighted by Crippen LogP contribution is 2.33. The Morgan fingerprint density at radius 2 is 2.00 bits per heavy atom. The topological polar surface area (TPSA) is 98.7 Å². The number of rotatable bonds is 8. The number of hydrogen-bond acceptors (Lipinski definition) is 5. The van der Waals surface area contributed by atoms with Gasteiger partial charge in [0.05, 0.1) is 12.7 Å². The number of ether oxygens (including phenoxy) is 1. The molecule has 2 aromatic rings. The molecule has 2 aliphatic rings. The lowest BCUT2D eigenvalue weighted by molar-refractivity contribution is 0.102. The number of benzene rings is 1. The van der Waals surface area contributed by atoms with Crippen LogP contribution in [-0.4, -0.2) is 29.8 Å². The Balaban J connectivity index is 1.51. The number of amides is 1. The molecule has 1 aromatic heterocycles. The molecule has 33 heavy (non-hydrogen) atoms. The molecule has 0 atom stereocenters. The molecule has 2 fully saturated rings. The van der Waals surface area contributed by atoms with Crippen LogP contribution in [0.3, 0.4) is 0 Å². The van der Waals surface area contributed by atoms with E-state index in [-0.39, 0.29) is 17.3 Å². The maximum Gasteiger partial charge on any atom is 0.274 e. The fourth-order valence-electron chi connectivity index (χ4n) is 4.68. The molecular formula is C26H34N4O3. The average Bonchev–Trinajstić information content (AvgIpc) is 3.66. The molecule has 2 saturated carbocycles. The van der Waals surface area contributed by atoms with Gasteiger partial charge in [-0.15, -0.1) is 0 Å². The third kappa shape index (κ3) is 5.46. The van der Waals surface area contributed by atoms with Gasteiger partial charge in [-0.2, -0.15) is 0 Å². The zero-order valence-electron chi connectivity index (χ0n) is 19.5. The van der Waals surface area contributed by atoms with Crippen molar-refractivity contribution in [3.05, 3.63) is 51.9 Å². The summed E-state index contributed by atoms with van der Waals surface area (Å²) >= 11 is 0. The first-order chi connectivity index (χ1) is 16.0. The average molecular weight is 451 g/mol. The van der Waals surface area contributed by atoms with Crippen LogP contribution < -0.4 is 21.3 Å². The van der Waals surface area contributed by atoms with Gasteiger partial charge < -0.3 is 20.4 Å². The maximum absolute atomic E-state index is 13.1. The monoisotopic (exact) mass is 450 g/mol. The van der Waals surface area contributed by atoms with Crippen molar-refractivity contribution in [2.24, 2.45) is 10.9 Å². The number of carbonyl (C=O) groups excluding carboxylic acids is 1. The fraction of sp³-hybridized carbons (Fsp3) is 0.500. The highest BCUT2D eigenvalue weighted by molar-refractivity contribution is 6.08. The lowest BCUT2D eigenvalue weighted by Gasteiger charge is -2.25. The number of nitrogen functional groups attached to an aromatic ring is 1. The van der Waals surface area contributed by atoms with E-state index in [0.29, 0.717) is 28.6 Å². The van der Waals surface area contributed by atoms with Gasteiger partial charge in [0.15, 0.2) is 0 Å². The lowest BCUT2D eigenvalue weighted by atomic mass is 9.84. The third-order valence-electron chi connectivity index (χ3n) is 6.75. The predicted molar refractivity (Wildman–Crippen MR) is 133 cm³/mol. The van der Waals surface area contributed by atoms with Crippen LogP contribution >= 0.6 is 0 Å². The Labute approximate surface area is 195 Å². The van der Waals surface area contributed by atoms with Crippen LogP contribution in [0.1, 0.15) is 80.3 Å². The molecule has 0 radical (unpaired) electrons. The van der Waals surface area contributed by atoms with Gasteiger partial charge in [0, 0.05) is 41.8 Å². The minimum atomic E-state index is -0.410. The van der Waals surface area contributed by atoms with E-state index in [2.05, 4.69) is 12.2 Å². The Morgan fingerprint density at radius 1 is 1.24 bits per heavy atom. The van der Waals surface area contributed by atoms with E-state index in [9.17, 15) is 9.59 Å². The van der Waals surface area contributed by atoms with E-state index < -0.39 is 5.91 Å². The zero-order chi connectivity index (χ0) is 23.4. The van der Waals surface area contributed by atoms with E-state index in [1.807, 2.05) is 0 Å². The summed E-state index contributed by atoms with van der Waals surface area (Å²) in [7, 11) is 1.50. The molecule has 7 nitrogen and oxygen atoms in total. The summed E-state index contributed by atoms with van der Waals surface area (Å²) < 4.78 is 7.09. The number of pyridine rings is 1. The molecule has 0 aliphatic heterocycles. The zero-order valence-corrected chi connectivity index (χ0v) is 19.5. The first kappa shape index (κ1) is 23.1. The number of aromatic nitrogens is 1. The fourth-order valence-corrected chi connectivity index (χ4v) is 4.68. The number of anilines is 2. The van der Waals surface area contributed by atoms with Crippen LogP contribution in [0, 0.1) is 5.92 Å². The van der Waals surface area contributed by atoms with Crippen LogP contribution in [0.4, 0.5) is 11.4 Å². The minimum absolute atomic E-state index is 0.191. The molecule has 4 rings (SSSR count). The lowest BCUT2D eigenvalue weighted by Crippen LogP contribution is -2.25. The first-order valence-corrected chi connectivity index (χ1v) is 12.0. The molecule has 7 heteroatoms. The van der Waals surface area contributed by atoms with Crippen molar-refractivity contribution in [3.63, 3.8) is 0 Å². The molecule has 0 spiro atoms. The van der Waals surface area contributed by atoms with Gasteiger partial charge in [-0.3, -0.25) is 14.6 Å². The van der Waals surface area contributed by atoms with Crippen LogP contribution in [0.15, 0.2) is 40.2 Å². The van der Waals surface area contributed by atoms with Gasteiger partial charge in [0.2, 0.25) is 0 Å². The molecule has 0 saturated heterocycles. The van der Waals surface area contributed by atoms with Gasteiger partial charge >= 0.3 is 0 Å². The first-order valence-electron chi connectivity index (χ1n) is 12.0. The van der Waals surface area contributed by atoms with Crippen molar-refractivity contribution in [3.8, 4) is 5.75 Å². The number of aliphatic imine (C=N–C) groups is 1. The van der Waals surface area contributed by atoms with Crippen LogP contribution in [0.5, 0.6) is 5.75 Å². The SMILES string of the molecule is CCCC1CCC(N=Cc2cc(C(=O)Nc3cccn(C4CC4)c3=O)c(OC)cc2N)CC1. The van der Waals surface area contributed by atoms with E-state index in [4.69, 9.17) is 15.5 Å². The van der Waals surface area contributed by atoms with Crippen LogP contribution in [-0.2, 0) is 0 Å². The summed E-state index contributed by atoms with van der Waals surface area (Å²) in [5.41, 5.74) is 7.79. The van der Waals surface area contributed by atoms with Crippen molar-refractivity contribution in [2.45, 2.75) is 70.4 Å². The molecule has 176 valence electrons. The summed E-state index contributed by atoms with van der Waals surface area (Å²) in [6, 6.07) is 7.27. The maximum atomic E-state index is 13.1. The molecule has 0 unspecified atom stereocenters. The van der Waals surface area contributed by atoms with Gasteiger partial charge in [-0.1, -0.05) is 19.8 Å². The Kier molecular flexibility index (Phi) is 7.16.